The second-order valence-corrected chi connectivity index (χ2v) is 3.44. The fraction of sp³-hybridized carbons (Fsp3) is 0.375. The van der Waals surface area contributed by atoms with Gasteiger partial charge in [0.1, 0.15) is 5.52 Å². The van der Waals surface area contributed by atoms with Gasteiger partial charge >= 0.3 is 6.18 Å². The van der Waals surface area contributed by atoms with E-state index in [-0.39, 0.29) is 29.5 Å². The number of fused-ring (bicyclic) bond motifs is 1. The number of aryl methyl sites for hydroxylation is 1. The van der Waals surface area contributed by atoms with E-state index in [1.54, 1.807) is 0 Å². The highest BCUT2D eigenvalue weighted by Crippen LogP contribution is 2.22. The number of rotatable bonds is 2. The molecule has 0 saturated heterocycles. The van der Waals surface area contributed by atoms with Crippen LogP contribution < -0.4 is 11.5 Å². The molecule has 0 aliphatic rings. The normalized spacial score (nSPS) is 12.2. The second-order valence-electron chi connectivity index (χ2n) is 3.44. The lowest BCUT2D eigenvalue weighted by Gasteiger charge is -2.07. The van der Waals surface area contributed by atoms with Gasteiger partial charge in [0.2, 0.25) is 5.95 Å². The first-order valence-corrected chi connectivity index (χ1v) is 4.67. The van der Waals surface area contributed by atoms with Crippen LogP contribution in [0, 0.1) is 0 Å². The lowest BCUT2D eigenvalue weighted by molar-refractivity contribution is -0.136. The van der Waals surface area contributed by atoms with Gasteiger partial charge in [0.15, 0.2) is 11.5 Å². The van der Waals surface area contributed by atoms with E-state index in [0.717, 1.165) is 0 Å². The molecule has 0 amide bonds. The Kier molecular flexibility index (Phi) is 2.52. The molecule has 92 valence electrons. The average Bonchev–Trinajstić information content (AvgIpc) is 2.57. The molecule has 6 nitrogen and oxygen atoms in total. The number of hydrogen-bond donors (Lipinski definition) is 2. The monoisotopic (exact) mass is 246 g/mol. The van der Waals surface area contributed by atoms with E-state index >= 15 is 0 Å². The van der Waals surface area contributed by atoms with Gasteiger partial charge in [-0.25, -0.2) is 4.98 Å². The zero-order valence-electron chi connectivity index (χ0n) is 8.57. The van der Waals surface area contributed by atoms with E-state index in [4.69, 9.17) is 11.5 Å². The average molecular weight is 246 g/mol. The number of halogens is 3. The molecule has 2 rings (SSSR count). The van der Waals surface area contributed by atoms with Gasteiger partial charge in [0.05, 0.1) is 12.7 Å². The van der Waals surface area contributed by atoms with Crippen LogP contribution in [0.4, 0.5) is 24.9 Å². The summed E-state index contributed by atoms with van der Waals surface area (Å²) in [5.41, 5.74) is 11.4. The summed E-state index contributed by atoms with van der Waals surface area (Å²) >= 11 is 0. The van der Waals surface area contributed by atoms with Crippen LogP contribution in [-0.4, -0.2) is 25.7 Å². The SMILES string of the molecule is Nc1nc(N)c2ncn(CCC(F)(F)F)c2n1. The summed E-state index contributed by atoms with van der Waals surface area (Å²) in [7, 11) is 0. The van der Waals surface area contributed by atoms with Crippen molar-refractivity contribution in [3.63, 3.8) is 0 Å². The molecule has 9 heteroatoms. The van der Waals surface area contributed by atoms with Gasteiger partial charge in [-0.2, -0.15) is 23.1 Å². The zero-order chi connectivity index (χ0) is 12.6. The Morgan fingerprint density at radius 1 is 1.24 bits per heavy atom. The molecule has 2 aromatic heterocycles. The molecule has 2 heterocycles. The van der Waals surface area contributed by atoms with Gasteiger partial charge in [-0.1, -0.05) is 0 Å². The lowest BCUT2D eigenvalue weighted by atomic mass is 10.4. The van der Waals surface area contributed by atoms with Gasteiger partial charge in [-0.05, 0) is 0 Å². The van der Waals surface area contributed by atoms with Crippen molar-refractivity contribution < 1.29 is 13.2 Å². The molecule has 0 radical (unpaired) electrons. The lowest BCUT2D eigenvalue weighted by Crippen LogP contribution is -2.12. The smallest absolute Gasteiger partial charge is 0.382 e. The van der Waals surface area contributed by atoms with Crippen molar-refractivity contribution >= 4 is 22.9 Å². The molecule has 2 aromatic rings. The fourth-order valence-electron chi connectivity index (χ4n) is 1.39. The van der Waals surface area contributed by atoms with E-state index in [1.807, 2.05) is 0 Å². The Morgan fingerprint density at radius 3 is 2.59 bits per heavy atom. The molecule has 17 heavy (non-hydrogen) atoms. The van der Waals surface area contributed by atoms with E-state index in [0.29, 0.717) is 0 Å². The topological polar surface area (TPSA) is 95.6 Å². The van der Waals surface area contributed by atoms with Crippen LogP contribution in [0.5, 0.6) is 0 Å². The summed E-state index contributed by atoms with van der Waals surface area (Å²) in [5, 5.41) is 0. The van der Waals surface area contributed by atoms with Gasteiger partial charge in [-0.3, -0.25) is 0 Å². The number of nitrogen functional groups attached to an aromatic ring is 2. The number of alkyl halides is 3. The first-order valence-electron chi connectivity index (χ1n) is 4.67. The first-order chi connectivity index (χ1) is 7.87. The first kappa shape index (κ1) is 11.4. The minimum atomic E-state index is -4.24. The fourth-order valence-corrected chi connectivity index (χ4v) is 1.39. The van der Waals surface area contributed by atoms with Crippen LogP contribution in [0.1, 0.15) is 6.42 Å². The summed E-state index contributed by atoms with van der Waals surface area (Å²) in [6.45, 7) is -0.282. The molecule has 0 fully saturated rings. The Morgan fingerprint density at radius 2 is 1.94 bits per heavy atom. The van der Waals surface area contributed by atoms with E-state index in [9.17, 15) is 13.2 Å². The Balaban J connectivity index is 2.36. The zero-order valence-corrected chi connectivity index (χ0v) is 8.57. The summed E-state index contributed by atoms with van der Waals surface area (Å²) in [4.78, 5) is 11.3. The minimum absolute atomic E-state index is 0.0539. The summed E-state index contributed by atoms with van der Waals surface area (Å²) in [6, 6.07) is 0. The van der Waals surface area contributed by atoms with Gasteiger partial charge in [0.25, 0.3) is 0 Å². The minimum Gasteiger partial charge on any atom is -0.382 e. The number of hydrogen-bond acceptors (Lipinski definition) is 5. The molecule has 0 saturated carbocycles. The Bertz CT molecular complexity index is 546. The molecule has 0 bridgehead atoms. The molecule has 0 aromatic carbocycles. The number of nitrogens with zero attached hydrogens (tertiary/aromatic N) is 4. The summed E-state index contributed by atoms with van der Waals surface area (Å²) in [6.07, 6.45) is -3.97. The van der Waals surface area contributed by atoms with Crippen molar-refractivity contribution in [1.82, 2.24) is 19.5 Å². The van der Waals surface area contributed by atoms with Crippen LogP contribution in [0.3, 0.4) is 0 Å². The molecule has 0 aliphatic carbocycles. The van der Waals surface area contributed by atoms with Crippen LogP contribution in [0.15, 0.2) is 6.33 Å². The Labute approximate surface area is 93.5 Å². The Hall–Kier alpha value is -2.06. The molecule has 0 spiro atoms. The van der Waals surface area contributed by atoms with Crippen LogP contribution in [-0.2, 0) is 6.54 Å². The summed E-state index contributed by atoms with van der Waals surface area (Å²) in [5.74, 6) is -0.0398. The van der Waals surface area contributed by atoms with Crippen LogP contribution >= 0.6 is 0 Å². The van der Waals surface area contributed by atoms with Crippen LogP contribution in [0.2, 0.25) is 0 Å². The van der Waals surface area contributed by atoms with Crippen LogP contribution in [0.25, 0.3) is 11.2 Å². The number of aromatic nitrogens is 4. The highest BCUT2D eigenvalue weighted by Gasteiger charge is 2.27. The predicted octanol–water partition coefficient (Wildman–Crippen LogP) is 0.943. The standard InChI is InChI=1S/C8H9F3N6/c9-8(10,11)1-2-17-3-14-4-5(12)15-7(13)16-6(4)17/h3H,1-2H2,(H4,12,13,15,16). The van der Waals surface area contributed by atoms with Gasteiger partial charge in [-0.15, -0.1) is 0 Å². The molecular weight excluding hydrogens is 237 g/mol. The third-order valence-corrected chi connectivity index (χ3v) is 2.14. The second kappa shape index (κ2) is 3.75. The highest BCUT2D eigenvalue weighted by atomic mass is 19.4. The van der Waals surface area contributed by atoms with E-state index < -0.39 is 12.6 Å². The molecule has 0 aliphatic heterocycles. The number of anilines is 2. The van der Waals surface area contributed by atoms with E-state index in [2.05, 4.69) is 15.0 Å². The van der Waals surface area contributed by atoms with Crippen molar-refractivity contribution in [2.24, 2.45) is 0 Å². The molecule has 4 N–H and O–H groups in total. The van der Waals surface area contributed by atoms with Crippen molar-refractivity contribution in [1.29, 1.82) is 0 Å². The number of imidazole rings is 1. The van der Waals surface area contributed by atoms with Crippen molar-refractivity contribution in [2.75, 3.05) is 11.5 Å². The maximum atomic E-state index is 12.1. The van der Waals surface area contributed by atoms with E-state index in [1.165, 1.54) is 10.9 Å². The molecular formula is C8H9F3N6. The third kappa shape index (κ3) is 2.37. The predicted molar refractivity (Wildman–Crippen MR) is 54.8 cm³/mol. The van der Waals surface area contributed by atoms with Crippen molar-refractivity contribution in [2.45, 2.75) is 19.1 Å². The third-order valence-electron chi connectivity index (χ3n) is 2.14. The molecule has 0 atom stereocenters. The maximum absolute atomic E-state index is 12.1. The highest BCUT2D eigenvalue weighted by molar-refractivity contribution is 5.82. The van der Waals surface area contributed by atoms with Crippen molar-refractivity contribution in [3.8, 4) is 0 Å². The van der Waals surface area contributed by atoms with Gasteiger partial charge < -0.3 is 16.0 Å². The largest absolute Gasteiger partial charge is 0.390 e. The van der Waals surface area contributed by atoms with Gasteiger partial charge in [0, 0.05) is 6.54 Å². The summed E-state index contributed by atoms with van der Waals surface area (Å²) < 4.78 is 37.5. The maximum Gasteiger partial charge on any atom is 0.390 e. The number of nitrogens with two attached hydrogens (primary N) is 2. The quantitative estimate of drug-likeness (QED) is 0.822. The molecule has 0 unspecified atom stereocenters. The van der Waals surface area contributed by atoms with Crippen molar-refractivity contribution in [3.05, 3.63) is 6.33 Å².